The Balaban J connectivity index is 1.53. The molecule has 1 aliphatic heterocycles. The molecule has 1 fully saturated rings. The first-order chi connectivity index (χ1) is 23.9. The van der Waals surface area contributed by atoms with Gasteiger partial charge in [-0.05, 0) is 55.5 Å². The third kappa shape index (κ3) is 11.8. The number of nitrogens with two attached hydrogens (primary N) is 1. The number of hydrogen-bond acceptors (Lipinski definition) is 9. The second-order valence-corrected chi connectivity index (χ2v) is 15.5. The largest absolute Gasteiger partial charge is 0.508 e. The van der Waals surface area contributed by atoms with E-state index < -0.39 is 59.1 Å². The molecule has 0 spiro atoms. The Morgan fingerprint density at radius 2 is 1.54 bits per heavy atom. The first-order valence-electron chi connectivity index (χ1n) is 16.3. The van der Waals surface area contributed by atoms with E-state index in [4.69, 9.17) is 5.73 Å². The molecule has 0 radical (unpaired) electrons. The zero-order valence-electron chi connectivity index (χ0n) is 28.0. The van der Waals surface area contributed by atoms with E-state index >= 15 is 0 Å². The molecular weight excluding hydrogens is 677 g/mol. The van der Waals surface area contributed by atoms with Gasteiger partial charge in [-0.3, -0.25) is 24.0 Å². The minimum Gasteiger partial charge on any atom is -0.508 e. The summed E-state index contributed by atoms with van der Waals surface area (Å²) in [5, 5.41) is 23.4. The number of amides is 5. The number of phenolic OH excluding ortho intramolecular Hbond substituents is 1. The Morgan fingerprint density at radius 3 is 2.20 bits per heavy atom. The molecule has 14 heteroatoms. The van der Waals surface area contributed by atoms with E-state index in [1.54, 1.807) is 26.0 Å². The Labute approximate surface area is 299 Å². The van der Waals surface area contributed by atoms with Gasteiger partial charge in [-0.1, -0.05) is 94.4 Å². The molecule has 0 aliphatic carbocycles. The van der Waals surface area contributed by atoms with Crippen molar-refractivity contribution >= 4 is 51.1 Å². The van der Waals surface area contributed by atoms with Gasteiger partial charge in [0.1, 0.15) is 23.9 Å². The summed E-state index contributed by atoms with van der Waals surface area (Å²) in [4.78, 5) is 67.2. The van der Waals surface area contributed by atoms with Crippen LogP contribution in [0, 0.1) is 0 Å². The van der Waals surface area contributed by atoms with Gasteiger partial charge >= 0.3 is 0 Å². The SMILES string of the molecule is CC1(C)SSCC(C(=O)NCCc2ccccc2)NC(=O)C(Cc2ccccc2)NC(=O)CNC(=O)[C@@H]1NC(=O)[C@@H](N)Cc1ccc(O)cc1. The van der Waals surface area contributed by atoms with Crippen LogP contribution in [0.5, 0.6) is 5.75 Å². The summed E-state index contributed by atoms with van der Waals surface area (Å²) < 4.78 is -0.961. The number of hydrogen-bond donors (Lipinski definition) is 7. The molecule has 12 nitrogen and oxygen atoms in total. The first-order valence-corrected chi connectivity index (χ1v) is 18.6. The van der Waals surface area contributed by atoms with Crippen molar-refractivity contribution in [3.63, 3.8) is 0 Å². The lowest BCUT2D eigenvalue weighted by Gasteiger charge is -2.34. The Kier molecular flexibility index (Phi) is 14.1. The summed E-state index contributed by atoms with van der Waals surface area (Å²) in [6, 6.07) is 21.0. The molecule has 1 aliphatic rings. The minimum atomic E-state index is -1.12. The maximum Gasteiger partial charge on any atom is 0.244 e. The Bertz CT molecular complexity index is 1610. The fourth-order valence-electron chi connectivity index (χ4n) is 5.21. The Morgan fingerprint density at radius 1 is 0.900 bits per heavy atom. The lowest BCUT2D eigenvalue weighted by atomic mass is 10.0. The number of carbonyl (C=O) groups is 5. The number of carbonyl (C=O) groups excluding carboxylic acids is 5. The monoisotopic (exact) mass is 720 g/mol. The van der Waals surface area contributed by atoms with Crippen LogP contribution >= 0.6 is 21.6 Å². The van der Waals surface area contributed by atoms with Crippen LogP contribution in [0.25, 0.3) is 0 Å². The first kappa shape index (κ1) is 38.3. The van der Waals surface area contributed by atoms with Crippen molar-refractivity contribution in [2.75, 3.05) is 18.8 Å². The summed E-state index contributed by atoms with van der Waals surface area (Å²) >= 11 is 0. The fraction of sp³-hybridized carbons (Fsp3) is 0.361. The topological polar surface area (TPSA) is 192 Å². The van der Waals surface area contributed by atoms with Crippen molar-refractivity contribution in [1.82, 2.24) is 26.6 Å². The lowest BCUT2D eigenvalue weighted by molar-refractivity contribution is -0.133. The summed E-state index contributed by atoms with van der Waals surface area (Å²) in [6.07, 6.45) is 0.913. The van der Waals surface area contributed by atoms with Crippen molar-refractivity contribution in [2.24, 2.45) is 5.73 Å². The molecule has 4 atom stereocenters. The molecule has 8 N–H and O–H groups in total. The molecule has 0 aromatic heterocycles. The van der Waals surface area contributed by atoms with Gasteiger partial charge in [-0.25, -0.2) is 0 Å². The van der Waals surface area contributed by atoms with Gasteiger partial charge in [0.2, 0.25) is 29.5 Å². The predicted octanol–water partition coefficient (Wildman–Crippen LogP) is 1.61. The number of rotatable bonds is 10. The van der Waals surface area contributed by atoms with E-state index in [-0.39, 0.29) is 30.3 Å². The third-order valence-electron chi connectivity index (χ3n) is 8.03. The van der Waals surface area contributed by atoms with Gasteiger partial charge in [-0.15, -0.1) is 0 Å². The van der Waals surface area contributed by atoms with Crippen molar-refractivity contribution in [3.8, 4) is 5.75 Å². The summed E-state index contributed by atoms with van der Waals surface area (Å²) in [5.41, 5.74) is 8.79. The second kappa shape index (κ2) is 18.5. The van der Waals surface area contributed by atoms with Crippen LogP contribution in [0.2, 0.25) is 0 Å². The van der Waals surface area contributed by atoms with E-state index in [1.807, 2.05) is 60.7 Å². The molecular formula is C36H44N6O6S2. The van der Waals surface area contributed by atoms with Gasteiger partial charge in [-0.2, -0.15) is 0 Å². The molecule has 3 aromatic carbocycles. The molecule has 0 bridgehead atoms. The molecule has 0 saturated carbocycles. The summed E-state index contributed by atoms with van der Waals surface area (Å²) in [5.74, 6) is -2.52. The molecule has 50 heavy (non-hydrogen) atoms. The predicted molar refractivity (Wildman–Crippen MR) is 196 cm³/mol. The van der Waals surface area contributed by atoms with E-state index in [0.717, 1.165) is 16.7 Å². The molecule has 1 heterocycles. The lowest BCUT2D eigenvalue weighted by Crippen LogP contribution is -2.61. The average Bonchev–Trinajstić information content (AvgIpc) is 3.10. The van der Waals surface area contributed by atoms with Gasteiger partial charge < -0.3 is 37.4 Å². The number of phenols is 1. The number of aromatic hydroxyl groups is 1. The summed E-state index contributed by atoms with van der Waals surface area (Å²) in [7, 11) is 2.54. The van der Waals surface area contributed by atoms with Crippen LogP contribution in [0.1, 0.15) is 30.5 Å². The van der Waals surface area contributed by atoms with Crippen LogP contribution in [-0.4, -0.2) is 82.4 Å². The van der Waals surface area contributed by atoms with E-state index in [0.29, 0.717) is 13.0 Å². The minimum absolute atomic E-state index is 0.0846. The van der Waals surface area contributed by atoms with Crippen LogP contribution in [0.3, 0.4) is 0 Å². The van der Waals surface area contributed by atoms with Gasteiger partial charge in [0, 0.05) is 23.5 Å². The molecule has 1 saturated heterocycles. The Hall–Kier alpha value is -4.53. The molecule has 2 unspecified atom stereocenters. The quantitative estimate of drug-likeness (QED) is 0.153. The molecule has 4 rings (SSSR count). The average molecular weight is 721 g/mol. The van der Waals surface area contributed by atoms with Gasteiger partial charge in [0.05, 0.1) is 12.6 Å². The normalized spacial score (nSPS) is 20.6. The van der Waals surface area contributed by atoms with Gasteiger partial charge in [0.25, 0.3) is 0 Å². The van der Waals surface area contributed by atoms with Crippen molar-refractivity contribution in [1.29, 1.82) is 0 Å². The third-order valence-corrected chi connectivity index (χ3v) is 11.3. The fourth-order valence-corrected chi connectivity index (χ4v) is 8.03. The van der Waals surface area contributed by atoms with Crippen LogP contribution < -0.4 is 32.3 Å². The van der Waals surface area contributed by atoms with Crippen molar-refractivity contribution in [3.05, 3.63) is 102 Å². The highest BCUT2D eigenvalue weighted by atomic mass is 33.1. The van der Waals surface area contributed by atoms with Crippen LogP contribution in [-0.2, 0) is 43.2 Å². The smallest absolute Gasteiger partial charge is 0.244 e. The maximum absolute atomic E-state index is 13.6. The van der Waals surface area contributed by atoms with Crippen LogP contribution in [0.15, 0.2) is 84.9 Å². The zero-order valence-corrected chi connectivity index (χ0v) is 29.7. The molecule has 5 amide bonds. The van der Waals surface area contributed by atoms with E-state index in [9.17, 15) is 29.1 Å². The maximum atomic E-state index is 13.6. The van der Waals surface area contributed by atoms with E-state index in [1.165, 1.54) is 33.7 Å². The highest BCUT2D eigenvalue weighted by Gasteiger charge is 2.39. The standard InChI is InChI=1S/C36H44N6O6S2/c1-36(2)31(42-32(45)27(37)19-25-13-15-26(43)16-14-25)35(48)39-21-30(44)40-28(20-24-11-7-4-8-12-24)34(47)41-29(22-49-50-36)33(46)38-18-17-23-9-5-3-6-10-23/h3-16,27-29,31,43H,17-22,37H2,1-2H3,(H,38,46)(H,39,48)(H,40,44)(H,41,47)(H,42,45)/t27-,28?,29?,31-/m0/s1. The number of nitrogens with one attached hydrogen (secondary N) is 5. The summed E-state index contributed by atoms with van der Waals surface area (Å²) in [6.45, 7) is 3.41. The molecule has 3 aromatic rings. The van der Waals surface area contributed by atoms with Crippen LogP contribution in [0.4, 0.5) is 0 Å². The highest BCUT2D eigenvalue weighted by molar-refractivity contribution is 8.77. The van der Waals surface area contributed by atoms with Crippen molar-refractivity contribution < 1.29 is 29.1 Å². The highest BCUT2D eigenvalue weighted by Crippen LogP contribution is 2.38. The van der Waals surface area contributed by atoms with Gasteiger partial charge in [0.15, 0.2) is 0 Å². The van der Waals surface area contributed by atoms with E-state index in [2.05, 4.69) is 26.6 Å². The second-order valence-electron chi connectivity index (χ2n) is 12.5. The van der Waals surface area contributed by atoms with Crippen molar-refractivity contribution in [2.45, 2.75) is 62.0 Å². The zero-order chi connectivity index (χ0) is 36.1. The number of benzene rings is 3. The molecule has 266 valence electrons.